The molecule has 0 heterocycles. The highest BCUT2D eigenvalue weighted by Crippen LogP contribution is 2.32. The van der Waals surface area contributed by atoms with E-state index in [-0.39, 0.29) is 11.4 Å². The third-order valence-corrected chi connectivity index (χ3v) is 3.18. The zero-order chi connectivity index (χ0) is 15.6. The highest BCUT2D eigenvalue weighted by atomic mass is 35.5. The SMILES string of the molecule is Cc1ccc(Nc2cc(OC(F)F)c(F)cc2N)cc1Cl. The van der Waals surface area contributed by atoms with Crippen molar-refractivity contribution < 1.29 is 17.9 Å². The van der Waals surface area contributed by atoms with E-state index >= 15 is 0 Å². The van der Waals surface area contributed by atoms with Crippen LogP contribution >= 0.6 is 11.6 Å². The molecule has 3 N–H and O–H groups in total. The first-order valence-corrected chi connectivity index (χ1v) is 6.31. The zero-order valence-electron chi connectivity index (χ0n) is 11.0. The van der Waals surface area contributed by atoms with Crippen molar-refractivity contribution in [1.29, 1.82) is 0 Å². The number of halogens is 4. The van der Waals surface area contributed by atoms with Gasteiger partial charge in [-0.1, -0.05) is 17.7 Å². The number of rotatable bonds is 4. The Morgan fingerprint density at radius 2 is 1.95 bits per heavy atom. The second kappa shape index (κ2) is 6.13. The molecule has 0 amide bonds. The largest absolute Gasteiger partial charge is 0.432 e. The van der Waals surface area contributed by atoms with Crippen LogP contribution in [0.5, 0.6) is 5.75 Å². The summed E-state index contributed by atoms with van der Waals surface area (Å²) in [7, 11) is 0. The van der Waals surface area contributed by atoms with Gasteiger partial charge < -0.3 is 15.8 Å². The number of alkyl halides is 2. The van der Waals surface area contributed by atoms with Crippen LogP contribution in [0.2, 0.25) is 5.02 Å². The molecule has 7 heteroatoms. The second-order valence-corrected chi connectivity index (χ2v) is 4.74. The molecule has 0 aliphatic heterocycles. The molecule has 2 rings (SSSR count). The predicted octanol–water partition coefficient (Wildman–Crippen LogP) is 4.71. The molecular formula is C14H12ClF3N2O. The summed E-state index contributed by atoms with van der Waals surface area (Å²) in [6, 6.07) is 7.15. The Kier molecular flexibility index (Phi) is 4.47. The lowest BCUT2D eigenvalue weighted by atomic mass is 10.2. The molecule has 21 heavy (non-hydrogen) atoms. The average molecular weight is 317 g/mol. The van der Waals surface area contributed by atoms with Crippen molar-refractivity contribution in [2.24, 2.45) is 0 Å². The van der Waals surface area contributed by atoms with Crippen molar-refractivity contribution >= 4 is 28.7 Å². The van der Waals surface area contributed by atoms with Crippen molar-refractivity contribution in [3.8, 4) is 5.75 Å². The summed E-state index contributed by atoms with van der Waals surface area (Å²) in [5.74, 6) is -1.54. The molecule has 2 aromatic carbocycles. The fraction of sp³-hybridized carbons (Fsp3) is 0.143. The molecule has 0 aromatic heterocycles. The fourth-order valence-corrected chi connectivity index (χ4v) is 1.87. The zero-order valence-corrected chi connectivity index (χ0v) is 11.7. The smallest absolute Gasteiger partial charge is 0.387 e. The van der Waals surface area contributed by atoms with E-state index in [4.69, 9.17) is 17.3 Å². The predicted molar refractivity (Wildman–Crippen MR) is 76.9 cm³/mol. The molecular weight excluding hydrogens is 305 g/mol. The van der Waals surface area contributed by atoms with Gasteiger partial charge in [-0.2, -0.15) is 8.78 Å². The van der Waals surface area contributed by atoms with E-state index in [0.717, 1.165) is 17.7 Å². The van der Waals surface area contributed by atoms with Crippen molar-refractivity contribution in [3.05, 3.63) is 46.7 Å². The lowest BCUT2D eigenvalue weighted by Crippen LogP contribution is -2.05. The number of benzene rings is 2. The minimum Gasteiger partial charge on any atom is -0.432 e. The summed E-state index contributed by atoms with van der Waals surface area (Å²) in [5, 5.41) is 3.41. The minimum atomic E-state index is -3.12. The van der Waals surface area contributed by atoms with Gasteiger partial charge in [0.15, 0.2) is 11.6 Å². The van der Waals surface area contributed by atoms with E-state index < -0.39 is 18.2 Å². The molecule has 0 atom stereocenters. The maximum absolute atomic E-state index is 13.5. The number of hydrogen-bond donors (Lipinski definition) is 2. The quantitative estimate of drug-likeness (QED) is 0.803. The summed E-state index contributed by atoms with van der Waals surface area (Å²) in [5.41, 5.74) is 7.44. The van der Waals surface area contributed by atoms with Gasteiger partial charge in [-0.3, -0.25) is 0 Å². The van der Waals surface area contributed by atoms with Gasteiger partial charge in [0.25, 0.3) is 0 Å². The molecule has 0 radical (unpaired) electrons. The minimum absolute atomic E-state index is 0.0609. The third-order valence-electron chi connectivity index (χ3n) is 2.77. The van der Waals surface area contributed by atoms with Crippen LogP contribution in [0.1, 0.15) is 5.56 Å². The van der Waals surface area contributed by atoms with Crippen LogP contribution in [0.3, 0.4) is 0 Å². The molecule has 0 bridgehead atoms. The van der Waals surface area contributed by atoms with Crippen molar-refractivity contribution in [1.82, 2.24) is 0 Å². The molecule has 3 nitrogen and oxygen atoms in total. The van der Waals surface area contributed by atoms with E-state index in [1.807, 2.05) is 6.92 Å². The number of aryl methyl sites for hydroxylation is 1. The van der Waals surface area contributed by atoms with Gasteiger partial charge in [-0.05, 0) is 24.6 Å². The molecule has 0 spiro atoms. The number of nitrogens with one attached hydrogen (secondary N) is 1. The Morgan fingerprint density at radius 3 is 2.57 bits per heavy atom. The van der Waals surface area contributed by atoms with Crippen molar-refractivity contribution in [2.75, 3.05) is 11.1 Å². The van der Waals surface area contributed by atoms with E-state index in [0.29, 0.717) is 10.7 Å². The summed E-state index contributed by atoms with van der Waals surface area (Å²) < 4.78 is 41.9. The third kappa shape index (κ3) is 3.72. The van der Waals surface area contributed by atoms with Crippen LogP contribution in [0.15, 0.2) is 30.3 Å². The van der Waals surface area contributed by atoms with Crippen LogP contribution in [0.25, 0.3) is 0 Å². The Bertz CT molecular complexity index is 665. The van der Waals surface area contributed by atoms with Gasteiger partial charge in [0.05, 0.1) is 11.4 Å². The van der Waals surface area contributed by atoms with Crippen LogP contribution < -0.4 is 15.8 Å². The fourth-order valence-electron chi connectivity index (χ4n) is 1.69. The summed E-state index contributed by atoms with van der Waals surface area (Å²) in [6.45, 7) is -1.28. The van der Waals surface area contributed by atoms with Crippen LogP contribution in [0.4, 0.5) is 30.2 Å². The van der Waals surface area contributed by atoms with Gasteiger partial charge >= 0.3 is 6.61 Å². The van der Waals surface area contributed by atoms with E-state index in [2.05, 4.69) is 10.1 Å². The first-order valence-electron chi connectivity index (χ1n) is 5.94. The second-order valence-electron chi connectivity index (χ2n) is 4.34. The highest BCUT2D eigenvalue weighted by molar-refractivity contribution is 6.31. The Morgan fingerprint density at radius 1 is 1.24 bits per heavy atom. The topological polar surface area (TPSA) is 47.3 Å². The maximum Gasteiger partial charge on any atom is 0.387 e. The van der Waals surface area contributed by atoms with Gasteiger partial charge in [0.2, 0.25) is 0 Å². The molecule has 0 saturated heterocycles. The molecule has 0 saturated carbocycles. The summed E-state index contributed by atoms with van der Waals surface area (Å²) >= 11 is 5.99. The number of nitrogens with two attached hydrogens (primary N) is 1. The van der Waals surface area contributed by atoms with Crippen LogP contribution in [-0.2, 0) is 0 Å². The Balaban J connectivity index is 2.32. The van der Waals surface area contributed by atoms with E-state index in [1.165, 1.54) is 0 Å². The molecule has 0 fully saturated rings. The highest BCUT2D eigenvalue weighted by Gasteiger charge is 2.13. The van der Waals surface area contributed by atoms with E-state index in [9.17, 15) is 13.2 Å². The maximum atomic E-state index is 13.5. The number of ether oxygens (including phenoxy) is 1. The van der Waals surface area contributed by atoms with Crippen molar-refractivity contribution in [2.45, 2.75) is 13.5 Å². The van der Waals surface area contributed by atoms with Crippen LogP contribution in [0, 0.1) is 12.7 Å². The molecule has 112 valence electrons. The van der Waals surface area contributed by atoms with Crippen LogP contribution in [-0.4, -0.2) is 6.61 Å². The number of nitrogen functional groups attached to an aromatic ring is 1. The Labute approximate surface area is 124 Å². The number of anilines is 3. The average Bonchev–Trinajstić information content (AvgIpc) is 2.39. The first kappa shape index (κ1) is 15.3. The molecule has 0 aliphatic rings. The summed E-state index contributed by atoms with van der Waals surface area (Å²) in [4.78, 5) is 0. The molecule has 0 unspecified atom stereocenters. The molecule has 2 aromatic rings. The summed E-state index contributed by atoms with van der Waals surface area (Å²) in [6.07, 6.45) is 0. The first-order chi connectivity index (χ1) is 9.86. The number of hydrogen-bond acceptors (Lipinski definition) is 3. The van der Waals surface area contributed by atoms with Gasteiger partial charge in [0.1, 0.15) is 0 Å². The normalized spacial score (nSPS) is 10.8. The monoisotopic (exact) mass is 316 g/mol. The van der Waals surface area contributed by atoms with Gasteiger partial charge in [-0.25, -0.2) is 4.39 Å². The van der Waals surface area contributed by atoms with E-state index in [1.54, 1.807) is 18.2 Å². The molecule has 0 aliphatic carbocycles. The lowest BCUT2D eigenvalue weighted by molar-refractivity contribution is -0.0521. The Hall–Kier alpha value is -2.08. The van der Waals surface area contributed by atoms with Gasteiger partial charge in [0, 0.05) is 22.8 Å². The lowest BCUT2D eigenvalue weighted by Gasteiger charge is -2.13. The standard InChI is InChI=1S/C14H12ClF3N2O/c1-7-2-3-8(4-9(7)15)20-12-6-13(21-14(17)18)10(16)5-11(12)19/h2-6,14,20H,19H2,1H3. The van der Waals surface area contributed by atoms with Gasteiger partial charge in [-0.15, -0.1) is 0 Å². The van der Waals surface area contributed by atoms with Crippen molar-refractivity contribution in [3.63, 3.8) is 0 Å².